The van der Waals surface area contributed by atoms with Crippen molar-refractivity contribution in [2.75, 3.05) is 7.05 Å². The van der Waals surface area contributed by atoms with Crippen LogP contribution >= 0.6 is 0 Å². The first-order valence-corrected chi connectivity index (χ1v) is 8.99. The Labute approximate surface area is 162 Å². The molecule has 1 heterocycles. The fraction of sp³-hybridized carbons (Fsp3) is 0.273. The topological polar surface area (TPSA) is 59.8 Å². The highest BCUT2D eigenvalue weighted by molar-refractivity contribution is 5.88. The van der Waals surface area contributed by atoms with Crippen LogP contribution in [0.1, 0.15) is 23.6 Å². The van der Waals surface area contributed by atoms with E-state index in [-0.39, 0.29) is 24.7 Å². The Balaban J connectivity index is 1.58. The number of ether oxygens (including phenoxy) is 1. The molecule has 0 saturated carbocycles. The molecule has 3 aromatic rings. The van der Waals surface area contributed by atoms with Crippen LogP contribution in [0.15, 0.2) is 53.1 Å². The molecule has 6 heteroatoms. The van der Waals surface area contributed by atoms with Crippen LogP contribution in [0.25, 0.3) is 11.0 Å². The Morgan fingerprint density at radius 2 is 2.00 bits per heavy atom. The number of amides is 1. The number of hydrogen-bond donors (Lipinski definition) is 0. The smallest absolute Gasteiger partial charge is 0.311 e. The average Bonchev–Trinajstić information content (AvgIpc) is 3.02. The van der Waals surface area contributed by atoms with Gasteiger partial charge in [0, 0.05) is 24.5 Å². The van der Waals surface area contributed by atoms with Gasteiger partial charge in [-0.15, -0.1) is 0 Å². The second-order valence-electron chi connectivity index (χ2n) is 6.89. The van der Waals surface area contributed by atoms with Gasteiger partial charge in [-0.2, -0.15) is 0 Å². The van der Waals surface area contributed by atoms with E-state index in [1.807, 2.05) is 25.1 Å². The van der Waals surface area contributed by atoms with E-state index in [0.717, 1.165) is 10.9 Å². The van der Waals surface area contributed by atoms with Gasteiger partial charge in [-0.1, -0.05) is 24.3 Å². The number of nitrogens with zero attached hydrogens (tertiary/aromatic N) is 1. The van der Waals surface area contributed by atoms with Gasteiger partial charge in [-0.3, -0.25) is 9.59 Å². The van der Waals surface area contributed by atoms with Gasteiger partial charge < -0.3 is 14.1 Å². The van der Waals surface area contributed by atoms with Gasteiger partial charge >= 0.3 is 5.97 Å². The van der Waals surface area contributed by atoms with Gasteiger partial charge in [0.05, 0.1) is 12.7 Å². The summed E-state index contributed by atoms with van der Waals surface area (Å²) in [5.41, 5.74) is 3.15. The van der Waals surface area contributed by atoms with Crippen molar-refractivity contribution in [1.29, 1.82) is 0 Å². The Bertz CT molecular complexity index is 1010. The van der Waals surface area contributed by atoms with Crippen LogP contribution in [-0.4, -0.2) is 29.9 Å². The van der Waals surface area contributed by atoms with Crippen molar-refractivity contribution in [2.24, 2.45) is 0 Å². The van der Waals surface area contributed by atoms with E-state index in [0.29, 0.717) is 16.7 Å². The zero-order valence-electron chi connectivity index (χ0n) is 16.1. The predicted molar refractivity (Wildman–Crippen MR) is 103 cm³/mol. The molecule has 0 spiro atoms. The minimum atomic E-state index is -0.938. The molecule has 0 aliphatic heterocycles. The first kappa shape index (κ1) is 19.6. The van der Waals surface area contributed by atoms with Gasteiger partial charge in [-0.25, -0.2) is 4.39 Å². The van der Waals surface area contributed by atoms with Gasteiger partial charge in [0.1, 0.15) is 11.4 Å². The lowest BCUT2D eigenvalue weighted by Crippen LogP contribution is -2.37. The monoisotopic (exact) mass is 383 g/mol. The molecule has 1 amide bonds. The number of esters is 1. The number of carbonyl (C=O) groups excluding carboxylic acids is 2. The van der Waals surface area contributed by atoms with Crippen molar-refractivity contribution in [1.82, 2.24) is 4.90 Å². The maximum Gasteiger partial charge on any atom is 0.311 e. The SMILES string of the molecule is Cc1ccc2c(CC(=O)O[C@H](C)C(=O)N(C)Cc3cccc(F)c3)coc2c1. The molecule has 0 bridgehead atoms. The number of halogens is 1. The van der Waals surface area contributed by atoms with Crippen LogP contribution in [0.3, 0.4) is 0 Å². The number of fused-ring (bicyclic) bond motifs is 1. The highest BCUT2D eigenvalue weighted by Gasteiger charge is 2.22. The van der Waals surface area contributed by atoms with Gasteiger partial charge in [-0.05, 0) is 43.2 Å². The summed E-state index contributed by atoms with van der Waals surface area (Å²) in [6.45, 7) is 3.72. The van der Waals surface area contributed by atoms with E-state index in [4.69, 9.17) is 9.15 Å². The summed E-state index contributed by atoms with van der Waals surface area (Å²) in [6.07, 6.45) is 0.612. The zero-order valence-corrected chi connectivity index (χ0v) is 16.1. The second kappa shape index (κ2) is 8.25. The number of rotatable bonds is 6. The summed E-state index contributed by atoms with van der Waals surface area (Å²) in [4.78, 5) is 26.1. The van der Waals surface area contributed by atoms with E-state index in [2.05, 4.69) is 0 Å². The molecule has 0 aliphatic carbocycles. The van der Waals surface area contributed by atoms with Crippen molar-refractivity contribution in [2.45, 2.75) is 32.9 Å². The van der Waals surface area contributed by atoms with E-state index in [9.17, 15) is 14.0 Å². The number of hydrogen-bond acceptors (Lipinski definition) is 4. The number of likely N-dealkylation sites (N-methyl/N-ethyl adjacent to an activating group) is 1. The summed E-state index contributed by atoms with van der Waals surface area (Å²) >= 11 is 0. The molecule has 2 aromatic carbocycles. The maximum atomic E-state index is 13.3. The fourth-order valence-corrected chi connectivity index (χ4v) is 3.07. The number of furan rings is 1. The number of carbonyl (C=O) groups is 2. The van der Waals surface area contributed by atoms with Crippen LogP contribution < -0.4 is 0 Å². The van der Waals surface area contributed by atoms with Gasteiger partial charge in [0.25, 0.3) is 5.91 Å². The second-order valence-corrected chi connectivity index (χ2v) is 6.89. The van der Waals surface area contributed by atoms with Crippen LogP contribution in [0.5, 0.6) is 0 Å². The van der Waals surface area contributed by atoms with Crippen molar-refractivity contribution in [3.8, 4) is 0 Å². The third kappa shape index (κ3) is 4.57. The van der Waals surface area contributed by atoms with E-state index >= 15 is 0 Å². The van der Waals surface area contributed by atoms with E-state index < -0.39 is 12.1 Å². The van der Waals surface area contributed by atoms with Crippen LogP contribution in [0.4, 0.5) is 4.39 Å². The lowest BCUT2D eigenvalue weighted by molar-refractivity contribution is -0.158. The molecule has 0 N–H and O–H groups in total. The van der Waals surface area contributed by atoms with Crippen molar-refractivity contribution in [3.05, 3.63) is 71.2 Å². The Hall–Kier alpha value is -3.15. The minimum Gasteiger partial charge on any atom is -0.464 e. The molecule has 1 aromatic heterocycles. The minimum absolute atomic E-state index is 0.0152. The summed E-state index contributed by atoms with van der Waals surface area (Å²) in [6, 6.07) is 11.8. The average molecular weight is 383 g/mol. The molecule has 3 rings (SSSR count). The van der Waals surface area contributed by atoms with Crippen LogP contribution in [0, 0.1) is 12.7 Å². The maximum absolute atomic E-state index is 13.3. The lowest BCUT2D eigenvalue weighted by Gasteiger charge is -2.21. The highest BCUT2D eigenvalue weighted by atomic mass is 19.1. The zero-order chi connectivity index (χ0) is 20.3. The molecule has 0 fully saturated rings. The van der Waals surface area contributed by atoms with Gasteiger partial charge in [0.15, 0.2) is 6.10 Å². The Morgan fingerprint density at radius 1 is 1.21 bits per heavy atom. The normalized spacial score (nSPS) is 12.0. The Morgan fingerprint density at radius 3 is 2.75 bits per heavy atom. The summed E-state index contributed by atoms with van der Waals surface area (Å²) in [5.74, 6) is -1.23. The molecule has 0 aliphatic rings. The fourth-order valence-electron chi connectivity index (χ4n) is 3.07. The first-order valence-electron chi connectivity index (χ1n) is 8.99. The standard InChI is InChI=1S/C22H22FNO4/c1-14-7-8-19-17(13-27-20(19)9-14)11-21(25)28-15(2)22(26)24(3)12-16-5-4-6-18(23)10-16/h4-10,13,15H,11-12H2,1-3H3/t15-/m1/s1. The first-order chi connectivity index (χ1) is 13.3. The molecular formula is C22H22FNO4. The van der Waals surface area contributed by atoms with E-state index in [1.54, 1.807) is 19.2 Å². The van der Waals surface area contributed by atoms with Gasteiger partial charge in [0.2, 0.25) is 0 Å². The van der Waals surface area contributed by atoms with Crippen molar-refractivity contribution in [3.63, 3.8) is 0 Å². The highest BCUT2D eigenvalue weighted by Crippen LogP contribution is 2.23. The van der Waals surface area contributed by atoms with Crippen molar-refractivity contribution >= 4 is 22.8 Å². The third-order valence-corrected chi connectivity index (χ3v) is 4.49. The van der Waals surface area contributed by atoms with Crippen LogP contribution in [-0.2, 0) is 27.3 Å². The molecule has 0 saturated heterocycles. The Kier molecular flexibility index (Phi) is 5.78. The summed E-state index contributed by atoms with van der Waals surface area (Å²) in [7, 11) is 1.59. The molecule has 146 valence electrons. The molecule has 28 heavy (non-hydrogen) atoms. The molecule has 1 atom stereocenters. The summed E-state index contributed by atoms with van der Waals surface area (Å²) in [5, 5.41) is 0.852. The molecule has 0 unspecified atom stereocenters. The molecule has 0 radical (unpaired) electrons. The summed E-state index contributed by atoms with van der Waals surface area (Å²) < 4.78 is 24.1. The van der Waals surface area contributed by atoms with Crippen molar-refractivity contribution < 1.29 is 23.1 Å². The number of aryl methyl sites for hydroxylation is 1. The predicted octanol–water partition coefficient (Wildman–Crippen LogP) is 4.01. The molecular weight excluding hydrogens is 361 g/mol. The number of benzene rings is 2. The lowest BCUT2D eigenvalue weighted by atomic mass is 10.1. The van der Waals surface area contributed by atoms with Crippen LogP contribution in [0.2, 0.25) is 0 Å². The quantitative estimate of drug-likeness (QED) is 0.604. The largest absolute Gasteiger partial charge is 0.464 e. The third-order valence-electron chi connectivity index (χ3n) is 4.49. The van der Waals surface area contributed by atoms with E-state index in [1.165, 1.54) is 30.2 Å². The molecule has 5 nitrogen and oxygen atoms in total.